The molecule has 0 spiro atoms. The number of rotatable bonds is 4. The van der Waals surface area contributed by atoms with Crippen LogP contribution in [0.3, 0.4) is 0 Å². The maximum Gasteiger partial charge on any atom is 0.255 e. The van der Waals surface area contributed by atoms with Crippen LogP contribution in [0.15, 0.2) is 36.7 Å². The summed E-state index contributed by atoms with van der Waals surface area (Å²) < 4.78 is 10.6. The molecule has 1 aromatic heterocycles. The molecular formula is C15H17ClN2O3. The van der Waals surface area contributed by atoms with E-state index in [1.54, 1.807) is 50.9 Å². The molecule has 1 amide bonds. The maximum atomic E-state index is 12.1. The molecule has 0 saturated heterocycles. The fourth-order valence-electron chi connectivity index (χ4n) is 1.95. The van der Waals surface area contributed by atoms with E-state index < -0.39 is 0 Å². The summed E-state index contributed by atoms with van der Waals surface area (Å²) in [6, 6.07) is 6.85. The largest absolute Gasteiger partial charge is 0.496 e. The number of amides is 1. The molecule has 1 N–H and O–H groups in total. The molecule has 0 saturated carbocycles. The summed E-state index contributed by atoms with van der Waals surface area (Å²) in [6.45, 7) is 1.87. The molecule has 0 bridgehead atoms. The first kappa shape index (κ1) is 16.8. The maximum absolute atomic E-state index is 12.1. The minimum Gasteiger partial charge on any atom is -0.496 e. The van der Waals surface area contributed by atoms with Crippen molar-refractivity contribution in [3.63, 3.8) is 0 Å². The molecule has 0 atom stereocenters. The summed E-state index contributed by atoms with van der Waals surface area (Å²) >= 11 is 0. The number of nitrogens with zero attached hydrogens (tertiary/aromatic N) is 1. The van der Waals surface area contributed by atoms with E-state index in [4.69, 9.17) is 9.47 Å². The number of benzene rings is 1. The van der Waals surface area contributed by atoms with E-state index in [9.17, 15) is 4.79 Å². The van der Waals surface area contributed by atoms with E-state index in [1.807, 2.05) is 6.92 Å². The predicted molar refractivity (Wildman–Crippen MR) is 83.7 cm³/mol. The van der Waals surface area contributed by atoms with Crippen molar-refractivity contribution in [3.05, 3.63) is 47.8 Å². The number of hydrogen-bond donors (Lipinski definition) is 1. The van der Waals surface area contributed by atoms with Crippen LogP contribution >= 0.6 is 12.4 Å². The Bertz CT molecular complexity index is 618. The first-order valence-corrected chi connectivity index (χ1v) is 6.10. The Kier molecular flexibility index (Phi) is 5.99. The number of nitrogens with one attached hydrogen (secondary N) is 1. The minimum absolute atomic E-state index is 0. The van der Waals surface area contributed by atoms with Crippen molar-refractivity contribution in [2.75, 3.05) is 19.5 Å². The van der Waals surface area contributed by atoms with Crippen molar-refractivity contribution < 1.29 is 14.3 Å². The van der Waals surface area contributed by atoms with Crippen molar-refractivity contribution in [3.8, 4) is 11.5 Å². The number of methoxy groups -OCH3 is 2. The molecule has 6 heteroatoms. The zero-order valence-electron chi connectivity index (χ0n) is 12.0. The van der Waals surface area contributed by atoms with Gasteiger partial charge in [-0.1, -0.05) is 0 Å². The molecule has 0 aliphatic heterocycles. The van der Waals surface area contributed by atoms with Gasteiger partial charge in [-0.25, -0.2) is 0 Å². The van der Waals surface area contributed by atoms with E-state index in [0.717, 1.165) is 5.56 Å². The molecule has 21 heavy (non-hydrogen) atoms. The van der Waals surface area contributed by atoms with E-state index in [2.05, 4.69) is 10.3 Å². The first-order chi connectivity index (χ1) is 9.67. The molecule has 2 aromatic rings. The van der Waals surface area contributed by atoms with Gasteiger partial charge in [0.2, 0.25) is 0 Å². The van der Waals surface area contributed by atoms with Gasteiger partial charge in [-0.05, 0) is 31.2 Å². The third-order valence-electron chi connectivity index (χ3n) is 2.97. The van der Waals surface area contributed by atoms with Crippen molar-refractivity contribution in [2.45, 2.75) is 6.92 Å². The summed E-state index contributed by atoms with van der Waals surface area (Å²) in [7, 11) is 3.15. The lowest BCUT2D eigenvalue weighted by Crippen LogP contribution is -2.13. The lowest BCUT2D eigenvalue weighted by molar-refractivity contribution is 0.102. The Labute approximate surface area is 129 Å². The third-order valence-corrected chi connectivity index (χ3v) is 2.97. The molecule has 0 unspecified atom stereocenters. The van der Waals surface area contributed by atoms with Crippen molar-refractivity contribution in [1.82, 2.24) is 4.98 Å². The molecule has 0 fully saturated rings. The smallest absolute Gasteiger partial charge is 0.255 e. The average molecular weight is 309 g/mol. The van der Waals surface area contributed by atoms with E-state index in [1.165, 1.54) is 0 Å². The highest BCUT2D eigenvalue weighted by molar-refractivity contribution is 6.05. The van der Waals surface area contributed by atoms with Gasteiger partial charge >= 0.3 is 0 Å². The fraction of sp³-hybridized carbons (Fsp3) is 0.200. The van der Waals surface area contributed by atoms with Gasteiger partial charge in [-0.15, -0.1) is 12.4 Å². The van der Waals surface area contributed by atoms with Crippen LogP contribution in [0.25, 0.3) is 0 Å². The van der Waals surface area contributed by atoms with E-state index >= 15 is 0 Å². The van der Waals surface area contributed by atoms with Gasteiger partial charge in [0.15, 0.2) is 0 Å². The monoisotopic (exact) mass is 308 g/mol. The quantitative estimate of drug-likeness (QED) is 0.943. The van der Waals surface area contributed by atoms with Crippen LogP contribution in [-0.4, -0.2) is 25.1 Å². The number of aromatic nitrogens is 1. The molecule has 0 aliphatic carbocycles. The second-order valence-electron chi connectivity index (χ2n) is 4.16. The molecular weight excluding hydrogens is 292 g/mol. The van der Waals surface area contributed by atoms with Crippen molar-refractivity contribution >= 4 is 24.0 Å². The van der Waals surface area contributed by atoms with Gasteiger partial charge in [0.1, 0.15) is 11.5 Å². The summed E-state index contributed by atoms with van der Waals surface area (Å²) in [5.74, 6) is 1.09. The molecule has 5 nitrogen and oxygen atoms in total. The van der Waals surface area contributed by atoms with Crippen LogP contribution in [0.1, 0.15) is 15.9 Å². The van der Waals surface area contributed by atoms with Gasteiger partial charge < -0.3 is 14.8 Å². The number of anilines is 1. The molecule has 0 aliphatic rings. The van der Waals surface area contributed by atoms with Crippen molar-refractivity contribution in [2.24, 2.45) is 0 Å². The molecule has 2 rings (SSSR count). The normalized spacial score (nSPS) is 9.48. The van der Waals surface area contributed by atoms with E-state index in [0.29, 0.717) is 22.7 Å². The number of halogens is 1. The molecule has 1 aromatic carbocycles. The van der Waals surface area contributed by atoms with Gasteiger partial charge in [0, 0.05) is 23.5 Å². The Morgan fingerprint density at radius 3 is 2.33 bits per heavy atom. The lowest BCUT2D eigenvalue weighted by atomic mass is 10.1. The highest BCUT2D eigenvalue weighted by Crippen LogP contribution is 2.35. The van der Waals surface area contributed by atoms with Crippen LogP contribution in [0.5, 0.6) is 11.5 Å². The molecule has 112 valence electrons. The Morgan fingerprint density at radius 2 is 1.76 bits per heavy atom. The average Bonchev–Trinajstić information content (AvgIpc) is 2.48. The van der Waals surface area contributed by atoms with Crippen LogP contribution in [0.2, 0.25) is 0 Å². The number of ether oxygens (including phenoxy) is 2. The highest BCUT2D eigenvalue weighted by atomic mass is 35.5. The SMILES string of the molecule is COc1ccc(NC(=O)c2ccncc2)c(OC)c1C.Cl. The number of pyridine rings is 1. The Balaban J connectivity index is 0.00000220. The Morgan fingerprint density at radius 1 is 1.10 bits per heavy atom. The summed E-state index contributed by atoms with van der Waals surface area (Å²) in [5, 5.41) is 2.82. The summed E-state index contributed by atoms with van der Waals surface area (Å²) in [4.78, 5) is 16.0. The summed E-state index contributed by atoms with van der Waals surface area (Å²) in [6.07, 6.45) is 3.15. The number of hydrogen-bond acceptors (Lipinski definition) is 4. The number of carbonyl (C=O) groups excluding carboxylic acids is 1. The first-order valence-electron chi connectivity index (χ1n) is 6.10. The standard InChI is InChI=1S/C15H16N2O3.ClH/c1-10-13(19-2)5-4-12(14(10)20-3)17-15(18)11-6-8-16-9-7-11;/h4-9H,1-3H3,(H,17,18);1H. The zero-order valence-corrected chi connectivity index (χ0v) is 12.9. The number of carbonyl (C=O) groups is 1. The predicted octanol–water partition coefficient (Wildman–Crippen LogP) is 3.08. The third kappa shape index (κ3) is 3.64. The van der Waals surface area contributed by atoms with Crippen LogP contribution < -0.4 is 14.8 Å². The highest BCUT2D eigenvalue weighted by Gasteiger charge is 2.14. The van der Waals surface area contributed by atoms with Crippen molar-refractivity contribution in [1.29, 1.82) is 0 Å². The van der Waals surface area contributed by atoms with Gasteiger partial charge in [0.25, 0.3) is 5.91 Å². The lowest BCUT2D eigenvalue weighted by Gasteiger charge is -2.15. The van der Waals surface area contributed by atoms with Gasteiger partial charge in [0.05, 0.1) is 19.9 Å². The minimum atomic E-state index is -0.213. The topological polar surface area (TPSA) is 60.5 Å². The second-order valence-corrected chi connectivity index (χ2v) is 4.16. The second kappa shape index (κ2) is 7.50. The van der Waals surface area contributed by atoms with Gasteiger partial charge in [-0.2, -0.15) is 0 Å². The van der Waals surface area contributed by atoms with E-state index in [-0.39, 0.29) is 18.3 Å². The Hall–Kier alpha value is -2.27. The van der Waals surface area contributed by atoms with Crippen LogP contribution in [0.4, 0.5) is 5.69 Å². The summed E-state index contributed by atoms with van der Waals surface area (Å²) in [5.41, 5.74) is 1.98. The zero-order chi connectivity index (χ0) is 14.5. The van der Waals surface area contributed by atoms with Gasteiger partial charge in [-0.3, -0.25) is 9.78 Å². The molecule has 1 heterocycles. The fourth-order valence-corrected chi connectivity index (χ4v) is 1.95. The molecule has 0 radical (unpaired) electrons. The van der Waals surface area contributed by atoms with Crippen LogP contribution in [0, 0.1) is 6.92 Å². The van der Waals surface area contributed by atoms with Crippen LogP contribution in [-0.2, 0) is 0 Å².